The zero-order chi connectivity index (χ0) is 24.9. The number of ether oxygens (including phenoxy) is 1. The Labute approximate surface area is 212 Å². The molecule has 0 radical (unpaired) electrons. The molecule has 1 fully saturated rings. The first-order valence-corrected chi connectivity index (χ1v) is 13.4. The van der Waals surface area contributed by atoms with Gasteiger partial charge in [0.1, 0.15) is 17.9 Å². The van der Waals surface area contributed by atoms with E-state index in [0.29, 0.717) is 24.5 Å². The number of nitrogens with zero attached hydrogens (tertiary/aromatic N) is 3. The fourth-order valence-electron chi connectivity index (χ4n) is 5.32. The standard InChI is InChI=1S/C29H36N4O3/c1-3-5-20-12-14-33(15-13-20)16-17-35-24-9-6-22(7-10-24)29-30-25-11-8-23(18-26(25)36-29)28-21(4-2)19-27(34)31-32-28/h6-11,18,20-21H,3-5,12-17,19H2,1-2H3,(H,31,34). The first-order valence-electron chi connectivity index (χ1n) is 13.4. The van der Waals surface area contributed by atoms with E-state index in [4.69, 9.17) is 9.15 Å². The van der Waals surface area contributed by atoms with Crippen molar-refractivity contribution in [2.45, 2.75) is 52.4 Å². The minimum Gasteiger partial charge on any atom is -0.492 e. The Kier molecular flexibility index (Phi) is 7.66. The van der Waals surface area contributed by atoms with Gasteiger partial charge in [0.2, 0.25) is 11.8 Å². The second-order valence-corrected chi connectivity index (χ2v) is 9.99. The molecule has 0 spiro atoms. The van der Waals surface area contributed by atoms with Crippen LogP contribution in [0.4, 0.5) is 0 Å². The number of piperidine rings is 1. The maximum absolute atomic E-state index is 11.7. The number of amides is 1. The van der Waals surface area contributed by atoms with Crippen molar-refractivity contribution < 1.29 is 13.9 Å². The van der Waals surface area contributed by atoms with E-state index in [-0.39, 0.29) is 11.8 Å². The van der Waals surface area contributed by atoms with Crippen molar-refractivity contribution in [1.29, 1.82) is 0 Å². The summed E-state index contributed by atoms with van der Waals surface area (Å²) in [6.07, 6.45) is 6.62. The van der Waals surface area contributed by atoms with Crippen LogP contribution in [0.3, 0.4) is 0 Å². The lowest BCUT2D eigenvalue weighted by Gasteiger charge is -2.31. The molecule has 1 amide bonds. The number of rotatable bonds is 9. The summed E-state index contributed by atoms with van der Waals surface area (Å²) in [5, 5.41) is 4.32. The molecule has 0 bridgehead atoms. The van der Waals surface area contributed by atoms with Crippen LogP contribution >= 0.6 is 0 Å². The normalized spacial score (nSPS) is 19.3. The van der Waals surface area contributed by atoms with E-state index in [0.717, 1.165) is 47.0 Å². The zero-order valence-electron chi connectivity index (χ0n) is 21.3. The lowest BCUT2D eigenvalue weighted by molar-refractivity contribution is -0.122. The molecule has 1 saturated heterocycles. The highest BCUT2D eigenvalue weighted by Crippen LogP contribution is 2.28. The fraction of sp³-hybridized carbons (Fsp3) is 0.483. The molecule has 2 aromatic carbocycles. The van der Waals surface area contributed by atoms with E-state index in [2.05, 4.69) is 34.3 Å². The second-order valence-electron chi connectivity index (χ2n) is 9.99. The summed E-state index contributed by atoms with van der Waals surface area (Å²) in [4.78, 5) is 18.9. The number of carbonyl (C=O) groups excluding carboxylic acids is 1. The lowest BCUT2D eigenvalue weighted by atomic mass is 9.90. The van der Waals surface area contributed by atoms with Gasteiger partial charge in [-0.2, -0.15) is 5.10 Å². The Bertz CT molecular complexity index is 1210. The number of fused-ring (bicyclic) bond motifs is 1. The van der Waals surface area contributed by atoms with E-state index in [1.54, 1.807) is 0 Å². The molecular formula is C29H36N4O3. The van der Waals surface area contributed by atoms with E-state index >= 15 is 0 Å². The third-order valence-electron chi connectivity index (χ3n) is 7.48. The van der Waals surface area contributed by atoms with Gasteiger partial charge >= 0.3 is 0 Å². The van der Waals surface area contributed by atoms with Crippen LogP contribution in [0, 0.1) is 11.8 Å². The van der Waals surface area contributed by atoms with Crippen LogP contribution in [-0.4, -0.2) is 47.7 Å². The molecule has 1 aromatic heterocycles. The molecule has 1 unspecified atom stereocenters. The third-order valence-corrected chi connectivity index (χ3v) is 7.48. The Morgan fingerprint density at radius 1 is 1.08 bits per heavy atom. The molecule has 5 rings (SSSR count). The summed E-state index contributed by atoms with van der Waals surface area (Å²) in [5.74, 6) is 2.43. The van der Waals surface area contributed by atoms with E-state index < -0.39 is 0 Å². The van der Waals surface area contributed by atoms with Crippen LogP contribution in [0.25, 0.3) is 22.6 Å². The summed E-state index contributed by atoms with van der Waals surface area (Å²) in [7, 11) is 0. The third kappa shape index (κ3) is 5.62. The summed E-state index contributed by atoms with van der Waals surface area (Å²) in [5.41, 5.74) is 6.87. The fourth-order valence-corrected chi connectivity index (χ4v) is 5.32. The topological polar surface area (TPSA) is 80.0 Å². The van der Waals surface area contributed by atoms with Crippen molar-refractivity contribution in [3.63, 3.8) is 0 Å². The summed E-state index contributed by atoms with van der Waals surface area (Å²) < 4.78 is 12.1. The van der Waals surface area contributed by atoms with Crippen molar-refractivity contribution in [1.82, 2.24) is 15.3 Å². The molecule has 7 heteroatoms. The van der Waals surface area contributed by atoms with Crippen molar-refractivity contribution in [2.75, 3.05) is 26.2 Å². The molecule has 1 N–H and O–H groups in total. The Morgan fingerprint density at radius 2 is 1.86 bits per heavy atom. The average molecular weight is 489 g/mol. The molecule has 2 aliphatic rings. The van der Waals surface area contributed by atoms with Crippen LogP contribution in [0.15, 0.2) is 52.0 Å². The molecule has 3 heterocycles. The predicted molar refractivity (Wildman–Crippen MR) is 142 cm³/mol. The quantitative estimate of drug-likeness (QED) is 0.422. The smallest absolute Gasteiger partial charge is 0.240 e. The van der Waals surface area contributed by atoms with Crippen LogP contribution in [0.2, 0.25) is 0 Å². The maximum Gasteiger partial charge on any atom is 0.240 e. The monoisotopic (exact) mass is 488 g/mol. The van der Waals surface area contributed by atoms with Gasteiger partial charge in [-0.05, 0) is 74.7 Å². The molecule has 0 aliphatic carbocycles. The van der Waals surface area contributed by atoms with Gasteiger partial charge in [0.05, 0.1) is 5.71 Å². The number of hydrogen-bond acceptors (Lipinski definition) is 6. The van der Waals surface area contributed by atoms with Crippen LogP contribution in [0.1, 0.15) is 57.9 Å². The molecule has 36 heavy (non-hydrogen) atoms. The van der Waals surface area contributed by atoms with Crippen LogP contribution < -0.4 is 10.2 Å². The van der Waals surface area contributed by atoms with E-state index in [9.17, 15) is 4.79 Å². The zero-order valence-corrected chi connectivity index (χ0v) is 21.3. The van der Waals surface area contributed by atoms with Gasteiger partial charge in [0, 0.05) is 30.0 Å². The minimum atomic E-state index is -0.0342. The molecule has 190 valence electrons. The second kappa shape index (κ2) is 11.2. The molecule has 2 aliphatic heterocycles. The van der Waals surface area contributed by atoms with Gasteiger partial charge in [-0.15, -0.1) is 0 Å². The van der Waals surface area contributed by atoms with Gasteiger partial charge in [-0.1, -0.05) is 32.8 Å². The Morgan fingerprint density at radius 3 is 2.61 bits per heavy atom. The van der Waals surface area contributed by atoms with Crippen molar-refractivity contribution >= 4 is 22.7 Å². The molecular weight excluding hydrogens is 452 g/mol. The Balaban J connectivity index is 1.19. The highest BCUT2D eigenvalue weighted by molar-refractivity contribution is 6.07. The van der Waals surface area contributed by atoms with Gasteiger partial charge in [0.25, 0.3) is 0 Å². The van der Waals surface area contributed by atoms with Crippen molar-refractivity contribution in [3.05, 3.63) is 48.0 Å². The SMILES string of the molecule is CCCC1CCN(CCOc2ccc(-c3nc4ccc(C5=NNC(=O)CC5CC)cc4o3)cc2)CC1. The number of carbonyl (C=O) groups is 1. The number of benzene rings is 2. The summed E-state index contributed by atoms with van der Waals surface area (Å²) >= 11 is 0. The average Bonchev–Trinajstić information content (AvgIpc) is 3.34. The van der Waals surface area contributed by atoms with Gasteiger partial charge in [-0.25, -0.2) is 10.4 Å². The largest absolute Gasteiger partial charge is 0.492 e. The van der Waals surface area contributed by atoms with E-state index in [1.165, 1.54) is 38.8 Å². The predicted octanol–water partition coefficient (Wildman–Crippen LogP) is 5.64. The van der Waals surface area contributed by atoms with Crippen molar-refractivity contribution in [2.24, 2.45) is 16.9 Å². The number of hydrazone groups is 1. The molecule has 3 aromatic rings. The number of nitrogens with one attached hydrogen (secondary N) is 1. The molecule has 0 saturated carbocycles. The minimum absolute atomic E-state index is 0.0342. The lowest BCUT2D eigenvalue weighted by Crippen LogP contribution is -2.36. The summed E-state index contributed by atoms with van der Waals surface area (Å²) in [6, 6.07) is 13.9. The van der Waals surface area contributed by atoms with Gasteiger partial charge in [-0.3, -0.25) is 9.69 Å². The number of oxazole rings is 1. The number of aromatic nitrogens is 1. The first-order chi connectivity index (χ1) is 17.6. The molecule has 7 nitrogen and oxygen atoms in total. The molecule has 1 atom stereocenters. The van der Waals surface area contributed by atoms with E-state index in [1.807, 2.05) is 42.5 Å². The van der Waals surface area contributed by atoms with Gasteiger partial charge < -0.3 is 9.15 Å². The van der Waals surface area contributed by atoms with Crippen LogP contribution in [-0.2, 0) is 4.79 Å². The highest BCUT2D eigenvalue weighted by atomic mass is 16.5. The van der Waals surface area contributed by atoms with Gasteiger partial charge in [0.15, 0.2) is 5.58 Å². The highest BCUT2D eigenvalue weighted by Gasteiger charge is 2.25. The van der Waals surface area contributed by atoms with Crippen molar-refractivity contribution in [3.8, 4) is 17.2 Å². The Hall–Kier alpha value is -3.19. The number of hydrogen-bond donors (Lipinski definition) is 1. The maximum atomic E-state index is 11.7. The first kappa shape index (κ1) is 24.5. The van der Waals surface area contributed by atoms with Crippen LogP contribution in [0.5, 0.6) is 5.75 Å². The number of likely N-dealkylation sites (tertiary alicyclic amines) is 1. The summed E-state index contributed by atoms with van der Waals surface area (Å²) in [6.45, 7) is 8.41.